The molecule has 1 amide bonds. The van der Waals surface area contributed by atoms with Crippen molar-refractivity contribution in [3.63, 3.8) is 0 Å². The number of aromatic nitrogens is 1. The summed E-state index contributed by atoms with van der Waals surface area (Å²) >= 11 is 6.40. The predicted octanol–water partition coefficient (Wildman–Crippen LogP) is 4.28. The Morgan fingerprint density at radius 1 is 1.07 bits per heavy atom. The van der Waals surface area contributed by atoms with Crippen LogP contribution in [0.3, 0.4) is 0 Å². The van der Waals surface area contributed by atoms with Crippen molar-refractivity contribution in [1.29, 1.82) is 0 Å². The normalized spacial score (nSPS) is 10.7. The zero-order valence-corrected chi connectivity index (χ0v) is 16.2. The summed E-state index contributed by atoms with van der Waals surface area (Å²) in [5.41, 5.74) is 9.50. The number of amides is 1. The maximum Gasteiger partial charge on any atom is 0.250 e. The van der Waals surface area contributed by atoms with Crippen LogP contribution < -0.4 is 15.2 Å². The van der Waals surface area contributed by atoms with E-state index in [0.29, 0.717) is 28.6 Å². The standard InChI is InChI=1S/C21H21ClN2O3/c1-13-16(21(23)25)11-18(15-6-4-5-7-17(15)22)24(13)12-14-8-9-19(26-2)20(10-14)27-3/h4-11H,12H2,1-3H3,(H2,23,25). The first-order valence-electron chi connectivity index (χ1n) is 8.42. The second-order valence-corrected chi connectivity index (χ2v) is 6.56. The SMILES string of the molecule is COc1ccc(Cn2c(-c3ccccc3Cl)cc(C(N)=O)c2C)cc1OC. The minimum atomic E-state index is -0.466. The number of halogens is 1. The fraction of sp³-hybridized carbons (Fsp3) is 0.190. The monoisotopic (exact) mass is 384 g/mol. The molecule has 1 aromatic heterocycles. The minimum Gasteiger partial charge on any atom is -0.493 e. The van der Waals surface area contributed by atoms with Crippen LogP contribution in [0, 0.1) is 6.92 Å². The molecule has 0 aliphatic heterocycles. The molecule has 27 heavy (non-hydrogen) atoms. The first-order valence-corrected chi connectivity index (χ1v) is 8.79. The summed E-state index contributed by atoms with van der Waals surface area (Å²) in [6, 6.07) is 15.1. The van der Waals surface area contributed by atoms with E-state index in [0.717, 1.165) is 22.5 Å². The lowest BCUT2D eigenvalue weighted by molar-refractivity contribution is 0.0999. The fourth-order valence-corrected chi connectivity index (χ4v) is 3.38. The molecule has 0 bridgehead atoms. The Morgan fingerprint density at radius 2 is 1.78 bits per heavy atom. The number of carbonyl (C=O) groups excluding carboxylic acids is 1. The Bertz CT molecular complexity index is 995. The number of nitrogens with zero attached hydrogens (tertiary/aromatic N) is 1. The van der Waals surface area contributed by atoms with Gasteiger partial charge in [-0.1, -0.05) is 35.9 Å². The van der Waals surface area contributed by atoms with Gasteiger partial charge < -0.3 is 19.8 Å². The zero-order chi connectivity index (χ0) is 19.6. The molecule has 2 N–H and O–H groups in total. The van der Waals surface area contributed by atoms with E-state index < -0.39 is 5.91 Å². The van der Waals surface area contributed by atoms with Crippen LogP contribution in [0.15, 0.2) is 48.5 Å². The van der Waals surface area contributed by atoms with Crippen LogP contribution in [-0.4, -0.2) is 24.7 Å². The second kappa shape index (κ2) is 7.76. The molecule has 0 spiro atoms. The van der Waals surface area contributed by atoms with Crippen LogP contribution in [0.25, 0.3) is 11.3 Å². The van der Waals surface area contributed by atoms with E-state index in [-0.39, 0.29) is 0 Å². The van der Waals surface area contributed by atoms with Crippen molar-refractivity contribution < 1.29 is 14.3 Å². The summed E-state index contributed by atoms with van der Waals surface area (Å²) in [7, 11) is 3.20. The van der Waals surface area contributed by atoms with E-state index in [4.69, 9.17) is 26.8 Å². The van der Waals surface area contributed by atoms with Crippen molar-refractivity contribution >= 4 is 17.5 Å². The summed E-state index contributed by atoms with van der Waals surface area (Å²) in [5, 5.41) is 0.611. The molecule has 3 aromatic rings. The quantitative estimate of drug-likeness (QED) is 0.689. The number of ether oxygens (including phenoxy) is 2. The van der Waals surface area contributed by atoms with Crippen LogP contribution in [0.2, 0.25) is 5.02 Å². The minimum absolute atomic E-state index is 0.466. The molecule has 0 unspecified atom stereocenters. The zero-order valence-electron chi connectivity index (χ0n) is 15.5. The highest BCUT2D eigenvalue weighted by molar-refractivity contribution is 6.33. The van der Waals surface area contributed by atoms with Crippen molar-refractivity contribution in [3.8, 4) is 22.8 Å². The molecule has 2 aromatic carbocycles. The maximum atomic E-state index is 11.9. The Kier molecular flexibility index (Phi) is 5.42. The first kappa shape index (κ1) is 18.9. The van der Waals surface area contributed by atoms with Crippen LogP contribution in [0.1, 0.15) is 21.6 Å². The molecule has 6 heteroatoms. The van der Waals surface area contributed by atoms with Gasteiger partial charge in [0.05, 0.1) is 25.5 Å². The van der Waals surface area contributed by atoms with Gasteiger partial charge in [-0.05, 0) is 36.8 Å². The van der Waals surface area contributed by atoms with Gasteiger partial charge in [0.25, 0.3) is 5.91 Å². The number of hydrogen-bond donors (Lipinski definition) is 1. The van der Waals surface area contributed by atoms with Gasteiger partial charge >= 0.3 is 0 Å². The first-order chi connectivity index (χ1) is 13.0. The molecule has 0 atom stereocenters. The van der Waals surface area contributed by atoms with E-state index in [2.05, 4.69) is 0 Å². The van der Waals surface area contributed by atoms with E-state index in [1.807, 2.05) is 54.0 Å². The van der Waals surface area contributed by atoms with Crippen LogP contribution in [0.5, 0.6) is 11.5 Å². The van der Waals surface area contributed by atoms with Gasteiger partial charge in [-0.3, -0.25) is 4.79 Å². The lowest BCUT2D eigenvalue weighted by Gasteiger charge is -2.15. The van der Waals surface area contributed by atoms with Crippen molar-refractivity contribution in [2.24, 2.45) is 5.73 Å². The third kappa shape index (κ3) is 3.64. The van der Waals surface area contributed by atoms with Gasteiger partial charge in [0.1, 0.15) is 0 Å². The summed E-state index contributed by atoms with van der Waals surface area (Å²) < 4.78 is 12.7. The van der Waals surface area contributed by atoms with Crippen molar-refractivity contribution in [2.75, 3.05) is 14.2 Å². The fourth-order valence-electron chi connectivity index (χ4n) is 3.15. The van der Waals surface area contributed by atoms with Gasteiger partial charge in [-0.25, -0.2) is 0 Å². The Hall–Kier alpha value is -2.92. The second-order valence-electron chi connectivity index (χ2n) is 6.15. The molecule has 0 aliphatic carbocycles. The molecular weight excluding hydrogens is 364 g/mol. The van der Waals surface area contributed by atoms with Gasteiger partial charge in [-0.15, -0.1) is 0 Å². The topological polar surface area (TPSA) is 66.5 Å². The molecule has 0 fully saturated rings. The number of rotatable bonds is 6. The molecule has 5 nitrogen and oxygen atoms in total. The third-order valence-electron chi connectivity index (χ3n) is 4.57. The highest BCUT2D eigenvalue weighted by Gasteiger charge is 2.19. The summed E-state index contributed by atoms with van der Waals surface area (Å²) in [4.78, 5) is 11.9. The molecule has 1 heterocycles. The van der Waals surface area contributed by atoms with E-state index in [1.165, 1.54) is 0 Å². The van der Waals surface area contributed by atoms with E-state index >= 15 is 0 Å². The lowest BCUT2D eigenvalue weighted by atomic mass is 10.1. The molecule has 0 saturated carbocycles. The third-order valence-corrected chi connectivity index (χ3v) is 4.90. The summed E-state index contributed by atoms with van der Waals surface area (Å²) in [6.07, 6.45) is 0. The number of benzene rings is 2. The Balaban J connectivity index is 2.12. The van der Waals surface area contributed by atoms with Gasteiger partial charge in [0.2, 0.25) is 0 Å². The smallest absolute Gasteiger partial charge is 0.250 e. The molecular formula is C21H21ClN2O3. The number of hydrogen-bond acceptors (Lipinski definition) is 3. The molecule has 0 radical (unpaired) electrons. The highest BCUT2D eigenvalue weighted by atomic mass is 35.5. The average Bonchev–Trinajstić information content (AvgIpc) is 2.98. The van der Waals surface area contributed by atoms with Crippen molar-refractivity contribution in [1.82, 2.24) is 4.57 Å². The molecule has 140 valence electrons. The van der Waals surface area contributed by atoms with Gasteiger partial charge in [-0.2, -0.15) is 0 Å². The molecule has 0 saturated heterocycles. The van der Waals surface area contributed by atoms with E-state index in [9.17, 15) is 4.79 Å². The lowest BCUT2D eigenvalue weighted by Crippen LogP contribution is -2.12. The number of methoxy groups -OCH3 is 2. The summed E-state index contributed by atoms with van der Waals surface area (Å²) in [5.74, 6) is 0.843. The Labute approximate surface area is 163 Å². The average molecular weight is 385 g/mol. The number of nitrogens with two attached hydrogens (primary N) is 1. The largest absolute Gasteiger partial charge is 0.493 e. The van der Waals surface area contributed by atoms with Crippen LogP contribution in [0.4, 0.5) is 0 Å². The highest BCUT2D eigenvalue weighted by Crippen LogP contribution is 2.33. The Morgan fingerprint density at radius 3 is 2.41 bits per heavy atom. The molecule has 0 aliphatic rings. The van der Waals surface area contributed by atoms with Crippen molar-refractivity contribution in [3.05, 3.63) is 70.4 Å². The van der Waals surface area contributed by atoms with Crippen molar-refractivity contribution in [2.45, 2.75) is 13.5 Å². The summed E-state index contributed by atoms with van der Waals surface area (Å²) in [6.45, 7) is 2.40. The van der Waals surface area contributed by atoms with Gasteiger partial charge in [0, 0.05) is 22.8 Å². The number of primary amides is 1. The van der Waals surface area contributed by atoms with Crippen LogP contribution >= 0.6 is 11.6 Å². The van der Waals surface area contributed by atoms with E-state index in [1.54, 1.807) is 20.3 Å². The molecule has 3 rings (SSSR count). The number of carbonyl (C=O) groups is 1. The van der Waals surface area contributed by atoms with Gasteiger partial charge in [0.15, 0.2) is 11.5 Å². The predicted molar refractivity (Wildman–Crippen MR) is 107 cm³/mol. The maximum absolute atomic E-state index is 11.9. The van der Waals surface area contributed by atoms with Crippen LogP contribution in [-0.2, 0) is 6.54 Å².